The number of likely N-dealkylation sites (N-methyl/N-ethyl adjacent to an activating group) is 1. The third-order valence-electron chi connectivity index (χ3n) is 5.94. The molecule has 1 aromatic heterocycles. The van der Waals surface area contributed by atoms with Gasteiger partial charge < -0.3 is 24.8 Å². The van der Waals surface area contributed by atoms with E-state index in [4.69, 9.17) is 9.47 Å². The standard InChI is InChI=1S/C26H23FN4O5/c1-30-22-11-18(8-9-26(34)15-35-16-26)4-7-23(22)36-14-21(24(30)32)29-25(33)31-13-19(12-28-31)10-17-2-5-20(27)6-3-17/h2-7,11-13,21,34H,10,14-16H2,1H3,(H,29,33)/t21-/m1/s1. The van der Waals surface area contributed by atoms with E-state index in [1.807, 2.05) is 0 Å². The van der Waals surface area contributed by atoms with Crippen LogP contribution in [-0.4, -0.2) is 65.3 Å². The molecule has 0 radical (unpaired) electrons. The fraction of sp³-hybridized carbons (Fsp3) is 0.269. The molecule has 1 fully saturated rings. The number of aliphatic hydroxyl groups is 1. The van der Waals surface area contributed by atoms with Gasteiger partial charge in [-0.25, -0.2) is 9.18 Å². The maximum Gasteiger partial charge on any atom is 0.342 e. The van der Waals surface area contributed by atoms with E-state index in [2.05, 4.69) is 22.3 Å². The lowest BCUT2D eigenvalue weighted by atomic mass is 10.0. The molecule has 3 aromatic rings. The number of anilines is 1. The predicted molar refractivity (Wildman–Crippen MR) is 127 cm³/mol. The summed E-state index contributed by atoms with van der Waals surface area (Å²) in [4.78, 5) is 27.3. The summed E-state index contributed by atoms with van der Waals surface area (Å²) in [6, 6.07) is 9.70. The van der Waals surface area contributed by atoms with Gasteiger partial charge >= 0.3 is 6.03 Å². The number of nitrogens with zero attached hydrogens (tertiary/aromatic N) is 3. The molecule has 0 saturated carbocycles. The fourth-order valence-corrected chi connectivity index (χ4v) is 3.85. The molecule has 2 aliphatic rings. The van der Waals surface area contributed by atoms with Crippen LogP contribution in [0.2, 0.25) is 0 Å². The van der Waals surface area contributed by atoms with Gasteiger partial charge in [-0.15, -0.1) is 0 Å². The second-order valence-electron chi connectivity index (χ2n) is 8.76. The van der Waals surface area contributed by atoms with Crippen LogP contribution in [0.5, 0.6) is 5.75 Å². The molecule has 10 heteroatoms. The molecule has 36 heavy (non-hydrogen) atoms. The third kappa shape index (κ3) is 4.93. The average molecular weight is 490 g/mol. The highest BCUT2D eigenvalue weighted by atomic mass is 19.1. The van der Waals surface area contributed by atoms with Gasteiger partial charge in [-0.3, -0.25) is 4.79 Å². The first kappa shape index (κ1) is 23.5. The fourth-order valence-electron chi connectivity index (χ4n) is 3.85. The summed E-state index contributed by atoms with van der Waals surface area (Å²) < 4.78 is 25.0. The van der Waals surface area contributed by atoms with Gasteiger partial charge in [0.2, 0.25) is 0 Å². The van der Waals surface area contributed by atoms with Crippen LogP contribution in [0.25, 0.3) is 0 Å². The smallest absolute Gasteiger partial charge is 0.342 e. The average Bonchev–Trinajstić information content (AvgIpc) is 3.29. The van der Waals surface area contributed by atoms with E-state index in [9.17, 15) is 19.1 Å². The Balaban J connectivity index is 1.26. The first-order valence-corrected chi connectivity index (χ1v) is 11.3. The van der Waals surface area contributed by atoms with E-state index in [1.165, 1.54) is 17.0 Å². The summed E-state index contributed by atoms with van der Waals surface area (Å²) in [6.07, 6.45) is 3.59. The molecule has 0 aliphatic carbocycles. The second kappa shape index (κ2) is 9.45. The number of hydrogen-bond donors (Lipinski definition) is 2. The van der Waals surface area contributed by atoms with Crippen LogP contribution in [-0.2, 0) is 16.0 Å². The lowest BCUT2D eigenvalue weighted by molar-refractivity contribution is -0.140. The van der Waals surface area contributed by atoms with Gasteiger partial charge in [0.05, 0.1) is 25.1 Å². The molecule has 3 heterocycles. The summed E-state index contributed by atoms with van der Waals surface area (Å²) in [5.41, 5.74) is 1.59. The van der Waals surface area contributed by atoms with Crippen LogP contribution < -0.4 is 15.0 Å². The Morgan fingerprint density at radius 2 is 2.03 bits per heavy atom. The van der Waals surface area contributed by atoms with Crippen molar-refractivity contribution < 1.29 is 28.6 Å². The van der Waals surface area contributed by atoms with Crippen LogP contribution in [0.4, 0.5) is 14.9 Å². The number of rotatable bonds is 3. The molecule has 5 rings (SSSR count). The minimum atomic E-state index is -1.15. The zero-order chi connectivity index (χ0) is 25.3. The SMILES string of the molecule is CN1C(=O)[C@H](NC(=O)n2cc(Cc3ccc(F)cc3)cn2)COc2ccc(C#CC3(O)COC3)cc21. The van der Waals surface area contributed by atoms with E-state index in [0.29, 0.717) is 23.4 Å². The van der Waals surface area contributed by atoms with E-state index in [1.54, 1.807) is 49.8 Å². The van der Waals surface area contributed by atoms with Gasteiger partial charge in [-0.1, -0.05) is 24.0 Å². The van der Waals surface area contributed by atoms with Gasteiger partial charge in [0, 0.05) is 25.2 Å². The molecule has 9 nitrogen and oxygen atoms in total. The lowest BCUT2D eigenvalue weighted by Gasteiger charge is -2.30. The van der Waals surface area contributed by atoms with Crippen LogP contribution in [0.3, 0.4) is 0 Å². The minimum Gasteiger partial charge on any atom is -0.489 e. The Bertz CT molecular complexity index is 1370. The van der Waals surface area contributed by atoms with E-state index >= 15 is 0 Å². The van der Waals surface area contributed by atoms with Crippen LogP contribution in [0.1, 0.15) is 16.7 Å². The summed E-state index contributed by atoms with van der Waals surface area (Å²) in [5, 5.41) is 16.9. The zero-order valence-corrected chi connectivity index (χ0v) is 19.4. The minimum absolute atomic E-state index is 0.0618. The topological polar surface area (TPSA) is 106 Å². The molecule has 0 unspecified atom stereocenters. The van der Waals surface area contributed by atoms with Crippen molar-refractivity contribution in [3.8, 4) is 17.6 Å². The maximum atomic E-state index is 13.1. The summed E-state index contributed by atoms with van der Waals surface area (Å²) >= 11 is 0. The number of carbonyl (C=O) groups is 2. The number of aromatic nitrogens is 2. The van der Waals surface area contributed by atoms with Crippen LogP contribution >= 0.6 is 0 Å². The largest absolute Gasteiger partial charge is 0.489 e. The van der Waals surface area contributed by atoms with Gasteiger partial charge in [-0.2, -0.15) is 9.78 Å². The van der Waals surface area contributed by atoms with Crippen LogP contribution in [0, 0.1) is 17.7 Å². The highest BCUT2D eigenvalue weighted by molar-refractivity contribution is 6.00. The van der Waals surface area contributed by atoms with E-state index in [0.717, 1.165) is 15.8 Å². The van der Waals surface area contributed by atoms with Crippen molar-refractivity contribution in [3.63, 3.8) is 0 Å². The maximum absolute atomic E-state index is 13.1. The molecule has 2 N–H and O–H groups in total. The number of nitrogens with one attached hydrogen (secondary N) is 1. The molecule has 2 aliphatic heterocycles. The number of benzene rings is 2. The Morgan fingerprint density at radius 3 is 2.75 bits per heavy atom. The Morgan fingerprint density at radius 1 is 1.25 bits per heavy atom. The number of ether oxygens (including phenoxy) is 2. The Hall–Kier alpha value is -4.20. The number of hydrogen-bond acceptors (Lipinski definition) is 6. The van der Waals surface area contributed by atoms with Gasteiger partial charge in [0.1, 0.15) is 24.2 Å². The number of carbonyl (C=O) groups excluding carboxylic acids is 2. The highest BCUT2D eigenvalue weighted by Crippen LogP contribution is 2.31. The van der Waals surface area contributed by atoms with Gasteiger partial charge in [0.15, 0.2) is 5.60 Å². The van der Waals surface area contributed by atoms with Crippen molar-refractivity contribution in [2.24, 2.45) is 0 Å². The molecule has 184 valence electrons. The zero-order valence-electron chi connectivity index (χ0n) is 19.4. The van der Waals surface area contributed by atoms with Gasteiger partial charge in [0.25, 0.3) is 5.91 Å². The Kier molecular flexibility index (Phi) is 6.18. The van der Waals surface area contributed by atoms with Gasteiger partial charge in [-0.05, 0) is 41.5 Å². The number of fused-ring (bicyclic) bond motifs is 1. The predicted octanol–water partition coefficient (Wildman–Crippen LogP) is 1.71. The normalized spacial score (nSPS) is 18.1. The molecule has 0 spiro atoms. The Labute approximate surface area is 206 Å². The van der Waals surface area contributed by atoms with Crippen LogP contribution in [0.15, 0.2) is 54.9 Å². The van der Waals surface area contributed by atoms with E-state index in [-0.39, 0.29) is 31.5 Å². The second-order valence-corrected chi connectivity index (χ2v) is 8.76. The summed E-state index contributed by atoms with van der Waals surface area (Å²) in [7, 11) is 1.59. The molecule has 1 saturated heterocycles. The lowest BCUT2D eigenvalue weighted by Crippen LogP contribution is -2.50. The number of halogens is 1. The third-order valence-corrected chi connectivity index (χ3v) is 5.94. The first-order chi connectivity index (χ1) is 17.3. The van der Waals surface area contributed by atoms with Crippen molar-refractivity contribution in [2.45, 2.75) is 18.1 Å². The monoisotopic (exact) mass is 490 g/mol. The highest BCUT2D eigenvalue weighted by Gasteiger charge is 2.34. The molecular formula is C26H23FN4O5. The quantitative estimate of drug-likeness (QED) is 0.542. The van der Waals surface area contributed by atoms with Crippen molar-refractivity contribution in [1.29, 1.82) is 0 Å². The number of amides is 2. The van der Waals surface area contributed by atoms with Crippen molar-refractivity contribution in [3.05, 3.63) is 77.4 Å². The van der Waals surface area contributed by atoms with Crippen molar-refractivity contribution in [1.82, 2.24) is 15.1 Å². The molecular weight excluding hydrogens is 467 g/mol. The first-order valence-electron chi connectivity index (χ1n) is 11.3. The van der Waals surface area contributed by atoms with Crippen molar-refractivity contribution >= 4 is 17.6 Å². The molecule has 1 atom stereocenters. The molecule has 0 bridgehead atoms. The summed E-state index contributed by atoms with van der Waals surface area (Å²) in [5.74, 6) is 5.48. The molecule has 2 aromatic carbocycles. The summed E-state index contributed by atoms with van der Waals surface area (Å²) in [6.45, 7) is 0.267. The van der Waals surface area contributed by atoms with Crippen molar-refractivity contribution in [2.75, 3.05) is 31.8 Å². The molecule has 2 amide bonds. The van der Waals surface area contributed by atoms with E-state index < -0.39 is 17.7 Å².